The Bertz CT molecular complexity index is 4230. The molecule has 0 radical (unpaired) electrons. The number of hydrogen-bond acceptors (Lipinski definition) is 10. The highest BCUT2D eigenvalue weighted by molar-refractivity contribution is 8.68. The molecule has 12 aromatic rings. The first-order valence-electron chi connectivity index (χ1n) is 25.1. The van der Waals surface area contributed by atoms with Crippen molar-refractivity contribution in [3.8, 4) is 45.6 Å². The van der Waals surface area contributed by atoms with E-state index < -0.39 is 9.04 Å². The Morgan fingerprint density at radius 3 is 1.04 bits per heavy atom. The fourth-order valence-electron chi connectivity index (χ4n) is 10.9. The van der Waals surface area contributed by atoms with E-state index in [1.54, 1.807) is 0 Å². The molecular formula is C63H48N12S. The minimum Gasteiger partial charge on any atom is -0.324 e. The summed E-state index contributed by atoms with van der Waals surface area (Å²) < 4.78 is 17.6. The van der Waals surface area contributed by atoms with Gasteiger partial charge in [-0.2, -0.15) is 0 Å². The van der Waals surface area contributed by atoms with Gasteiger partial charge in [-0.3, -0.25) is 0 Å². The maximum absolute atomic E-state index is 5.70. The molecule has 3 aromatic heterocycles. The number of rotatable bonds is 10. The van der Waals surface area contributed by atoms with Gasteiger partial charge in [-0.25, -0.2) is 29.9 Å². The van der Waals surface area contributed by atoms with Crippen LogP contribution in [0.3, 0.4) is 0 Å². The molecule has 0 saturated carbocycles. The van der Waals surface area contributed by atoms with Crippen LogP contribution in [0, 0.1) is 6.92 Å². The molecule has 9 aromatic carbocycles. The molecule has 0 fully saturated rings. The first-order valence-corrected chi connectivity index (χ1v) is 27.5. The van der Waals surface area contributed by atoms with E-state index in [2.05, 4.69) is 187 Å². The van der Waals surface area contributed by atoms with E-state index in [0.717, 1.165) is 81.9 Å². The van der Waals surface area contributed by atoms with E-state index in [-0.39, 0.29) is 0 Å². The lowest BCUT2D eigenvalue weighted by molar-refractivity contribution is 1.19. The number of aromatic nitrogens is 8. The summed E-state index contributed by atoms with van der Waals surface area (Å²) in [5.74, 6) is 2.03. The summed E-state index contributed by atoms with van der Waals surface area (Å²) in [6.07, 6.45) is 0. The summed E-state index contributed by atoms with van der Waals surface area (Å²) in [6.45, 7) is 2.11. The standard InChI is InChI=1S/C63H48N12S/c1-41-37-39-46(40-38-41)76(72-42-21-6-2-7-22-42,73-43-23-8-3-9-24-43,74-44-25-10-4-11-26-44,75-45-27-12-5-13-28-45)54-36-20-35-53-55(54)63-70-61-52-34-19-18-33-51(52)59(68-61)66-57-48-30-15-14-29-47(48)56(64-57)65-58-49-31-16-17-32-50(49)60(67-58)69-62(53)71-63/h2-40,72-75H,1H3,(H2,64,65,66,67,68,69,70,71). The number of H-pyrrole nitrogens is 2. The highest BCUT2D eigenvalue weighted by atomic mass is 32.4. The van der Waals surface area contributed by atoms with Gasteiger partial charge in [-0.15, -0.1) is 0 Å². The minimum atomic E-state index is -5.45. The van der Waals surface area contributed by atoms with Gasteiger partial charge in [0.15, 0.2) is 23.3 Å². The Balaban J connectivity index is 1.24. The summed E-state index contributed by atoms with van der Waals surface area (Å²) in [4.78, 5) is 41.4. The fraction of sp³-hybridized carbons (Fsp3) is 0.0159. The van der Waals surface area contributed by atoms with Crippen molar-refractivity contribution in [2.24, 2.45) is 0 Å². The molecule has 0 unspecified atom stereocenters. The Kier molecular flexibility index (Phi) is 9.96. The zero-order chi connectivity index (χ0) is 50.7. The Morgan fingerprint density at radius 1 is 0.303 bits per heavy atom. The largest absolute Gasteiger partial charge is 0.324 e. The molecule has 0 spiro atoms. The number of nitrogens with one attached hydrogen (secondary N) is 6. The van der Waals surface area contributed by atoms with Gasteiger partial charge in [-0.05, 0) is 82.7 Å². The monoisotopic (exact) mass is 1000 g/mol. The number of benzene rings is 9. The number of hydrogen-bond donors (Lipinski definition) is 6. The number of anilines is 4. The molecule has 8 bridgehead atoms. The van der Waals surface area contributed by atoms with Crippen LogP contribution in [-0.2, 0) is 0 Å². The highest BCUT2D eigenvalue weighted by Crippen LogP contribution is 2.95. The van der Waals surface area contributed by atoms with Crippen molar-refractivity contribution in [1.82, 2.24) is 39.9 Å². The summed E-state index contributed by atoms with van der Waals surface area (Å²) in [5.41, 5.74) is 10.1. The highest BCUT2D eigenvalue weighted by Gasteiger charge is 2.64. The van der Waals surface area contributed by atoms with Crippen LogP contribution >= 0.6 is 9.04 Å². The fourth-order valence-corrected chi connectivity index (χ4v) is 17.2. The molecule has 14 rings (SSSR count). The number of aromatic amines is 2. The maximum atomic E-state index is 5.70. The molecule has 366 valence electrons. The van der Waals surface area contributed by atoms with Gasteiger partial charge < -0.3 is 28.9 Å². The summed E-state index contributed by atoms with van der Waals surface area (Å²) in [7, 11) is -5.45. The summed E-state index contributed by atoms with van der Waals surface area (Å²) in [5, 5.41) is 3.34. The third-order valence-corrected chi connectivity index (χ3v) is 20.2. The molecule has 0 saturated heterocycles. The second-order valence-corrected chi connectivity index (χ2v) is 23.9. The van der Waals surface area contributed by atoms with Crippen molar-refractivity contribution in [3.63, 3.8) is 0 Å². The van der Waals surface area contributed by atoms with E-state index in [4.69, 9.17) is 29.9 Å². The summed E-state index contributed by atoms with van der Waals surface area (Å²) >= 11 is 0. The van der Waals surface area contributed by atoms with Gasteiger partial charge in [0.05, 0.1) is 4.90 Å². The van der Waals surface area contributed by atoms with E-state index in [1.165, 1.54) is 0 Å². The zero-order valence-corrected chi connectivity index (χ0v) is 41.9. The van der Waals surface area contributed by atoms with Crippen LogP contribution in [0.15, 0.2) is 246 Å². The van der Waals surface area contributed by atoms with Crippen LogP contribution in [0.25, 0.3) is 89.7 Å². The maximum Gasteiger partial charge on any atom is 0.164 e. The Hall–Kier alpha value is -10.1. The number of para-hydroxylation sites is 4. The van der Waals surface area contributed by atoms with Gasteiger partial charge in [0, 0.05) is 71.4 Å². The van der Waals surface area contributed by atoms with Gasteiger partial charge in [0.1, 0.15) is 22.6 Å². The number of fused-ring (bicyclic) bond motifs is 20. The van der Waals surface area contributed by atoms with Crippen LogP contribution < -0.4 is 18.9 Å². The Labute approximate surface area is 436 Å². The molecule has 0 aliphatic carbocycles. The molecule has 12 nitrogen and oxygen atoms in total. The molecule has 6 N–H and O–H groups in total. The van der Waals surface area contributed by atoms with Crippen LogP contribution in [-0.4, -0.2) is 39.9 Å². The quantitative estimate of drug-likeness (QED) is 0.0779. The van der Waals surface area contributed by atoms with Crippen LogP contribution in [0.5, 0.6) is 0 Å². The lowest BCUT2D eigenvalue weighted by Crippen LogP contribution is -2.60. The van der Waals surface area contributed by atoms with E-state index in [9.17, 15) is 0 Å². The topological polar surface area (TPSA) is 157 Å². The van der Waals surface area contributed by atoms with Crippen molar-refractivity contribution >= 4 is 75.9 Å². The van der Waals surface area contributed by atoms with Gasteiger partial charge >= 0.3 is 0 Å². The smallest absolute Gasteiger partial charge is 0.164 e. The van der Waals surface area contributed by atoms with Crippen molar-refractivity contribution in [1.29, 1.82) is 0 Å². The Morgan fingerprint density at radius 2 is 0.632 bits per heavy atom. The molecule has 5 heterocycles. The predicted octanol–water partition coefficient (Wildman–Crippen LogP) is 15.6. The average Bonchev–Trinajstić information content (AvgIpc) is 4.15. The predicted molar refractivity (Wildman–Crippen MR) is 312 cm³/mol. The van der Waals surface area contributed by atoms with Crippen LogP contribution in [0.1, 0.15) is 5.56 Å². The lowest BCUT2D eigenvalue weighted by Gasteiger charge is -2.82. The van der Waals surface area contributed by atoms with E-state index >= 15 is 0 Å². The minimum absolute atomic E-state index is 0.480. The molecule has 0 atom stereocenters. The average molecular weight is 1010 g/mol. The SMILES string of the molecule is Cc1ccc(S(Nc2ccccc2)(Nc2ccccc2)(Nc2ccccc2)(Nc2ccccc2)c2cccc3c4nc5nc(nc6[nH]c(nc7nc(nc([nH]4)c23)-c2ccccc2-7)c2ccccc62)-c2ccccc2-5)cc1. The van der Waals surface area contributed by atoms with Crippen molar-refractivity contribution in [3.05, 3.63) is 242 Å². The first kappa shape index (κ1) is 44.6. The van der Waals surface area contributed by atoms with Crippen LogP contribution in [0.2, 0.25) is 0 Å². The third kappa shape index (κ3) is 6.93. The van der Waals surface area contributed by atoms with Crippen LogP contribution in [0.4, 0.5) is 22.7 Å². The molecule has 13 heteroatoms. The van der Waals surface area contributed by atoms with Crippen molar-refractivity contribution < 1.29 is 0 Å². The van der Waals surface area contributed by atoms with Gasteiger partial charge in [0.2, 0.25) is 0 Å². The normalized spacial score (nSPS) is 12.8. The molecule has 0 amide bonds. The third-order valence-electron chi connectivity index (χ3n) is 14.3. The zero-order valence-electron chi connectivity index (χ0n) is 41.1. The van der Waals surface area contributed by atoms with Crippen molar-refractivity contribution in [2.75, 3.05) is 18.9 Å². The van der Waals surface area contributed by atoms with Gasteiger partial charge in [-0.1, -0.05) is 175 Å². The van der Waals surface area contributed by atoms with Gasteiger partial charge in [0.25, 0.3) is 0 Å². The number of nitrogens with zero attached hydrogens (tertiary/aromatic N) is 6. The summed E-state index contributed by atoms with van der Waals surface area (Å²) in [6, 6.07) is 80.9. The molecule has 76 heavy (non-hydrogen) atoms. The first-order chi connectivity index (χ1) is 37.4. The molecular weight excluding hydrogens is 957 g/mol. The van der Waals surface area contributed by atoms with E-state index in [0.29, 0.717) is 45.9 Å². The number of aryl methyl sites for hydroxylation is 1. The second kappa shape index (κ2) is 17.0. The molecule has 2 aliphatic heterocycles. The lowest BCUT2D eigenvalue weighted by atomic mass is 10.1. The van der Waals surface area contributed by atoms with Crippen molar-refractivity contribution in [2.45, 2.75) is 16.7 Å². The second-order valence-electron chi connectivity index (χ2n) is 19.1. The molecule has 2 aliphatic rings. The van der Waals surface area contributed by atoms with E-state index in [1.807, 2.05) is 84.9 Å².